The summed E-state index contributed by atoms with van der Waals surface area (Å²) in [5.74, 6) is 1.69. The monoisotopic (exact) mass is 259 g/mol. The SMILES string of the molecule is COc1cc(-c2nc(N)cc(C(C)C)n2)ccc1O. The number of aromatic hydroxyl groups is 1. The summed E-state index contributed by atoms with van der Waals surface area (Å²) in [6.45, 7) is 4.09. The Morgan fingerprint density at radius 2 is 1.95 bits per heavy atom. The molecule has 2 aromatic rings. The van der Waals surface area contributed by atoms with Crippen LogP contribution in [0.3, 0.4) is 0 Å². The number of nitrogen functional groups attached to an aromatic ring is 1. The predicted octanol–water partition coefficient (Wildman–Crippen LogP) is 2.56. The van der Waals surface area contributed by atoms with Gasteiger partial charge < -0.3 is 15.6 Å². The maximum Gasteiger partial charge on any atom is 0.161 e. The Bertz CT molecular complexity index is 597. The predicted molar refractivity (Wildman–Crippen MR) is 74.2 cm³/mol. The summed E-state index contributed by atoms with van der Waals surface area (Å²) in [6, 6.07) is 6.74. The van der Waals surface area contributed by atoms with Crippen molar-refractivity contribution in [3.8, 4) is 22.9 Å². The molecule has 0 bridgehead atoms. The summed E-state index contributed by atoms with van der Waals surface area (Å²) in [7, 11) is 1.50. The van der Waals surface area contributed by atoms with Crippen LogP contribution in [0.1, 0.15) is 25.5 Å². The van der Waals surface area contributed by atoms with E-state index >= 15 is 0 Å². The van der Waals surface area contributed by atoms with Crippen molar-refractivity contribution in [2.24, 2.45) is 0 Å². The third kappa shape index (κ3) is 2.76. The van der Waals surface area contributed by atoms with Gasteiger partial charge in [-0.1, -0.05) is 13.8 Å². The van der Waals surface area contributed by atoms with Gasteiger partial charge in [-0.25, -0.2) is 9.97 Å². The summed E-state index contributed by atoms with van der Waals surface area (Å²) >= 11 is 0. The Hall–Kier alpha value is -2.30. The van der Waals surface area contributed by atoms with E-state index in [0.717, 1.165) is 11.3 Å². The van der Waals surface area contributed by atoms with E-state index in [2.05, 4.69) is 9.97 Å². The van der Waals surface area contributed by atoms with Crippen LogP contribution in [0.5, 0.6) is 11.5 Å². The van der Waals surface area contributed by atoms with Gasteiger partial charge in [0.2, 0.25) is 0 Å². The van der Waals surface area contributed by atoms with Gasteiger partial charge in [0.15, 0.2) is 17.3 Å². The highest BCUT2D eigenvalue weighted by Crippen LogP contribution is 2.30. The highest BCUT2D eigenvalue weighted by molar-refractivity contribution is 5.62. The largest absolute Gasteiger partial charge is 0.504 e. The lowest BCUT2D eigenvalue weighted by Gasteiger charge is -2.10. The van der Waals surface area contributed by atoms with Gasteiger partial charge in [0.25, 0.3) is 0 Å². The van der Waals surface area contributed by atoms with Crippen molar-refractivity contribution in [3.63, 3.8) is 0 Å². The molecule has 0 aliphatic carbocycles. The van der Waals surface area contributed by atoms with Crippen LogP contribution in [0.25, 0.3) is 11.4 Å². The van der Waals surface area contributed by atoms with Crippen molar-refractivity contribution in [1.82, 2.24) is 9.97 Å². The van der Waals surface area contributed by atoms with E-state index in [1.807, 2.05) is 13.8 Å². The summed E-state index contributed by atoms with van der Waals surface area (Å²) in [4.78, 5) is 8.70. The first-order chi connectivity index (χ1) is 9.01. The van der Waals surface area contributed by atoms with Gasteiger partial charge in [0.1, 0.15) is 5.82 Å². The molecule has 1 aromatic carbocycles. The van der Waals surface area contributed by atoms with E-state index in [1.54, 1.807) is 24.3 Å². The van der Waals surface area contributed by atoms with Gasteiger partial charge in [-0.15, -0.1) is 0 Å². The smallest absolute Gasteiger partial charge is 0.161 e. The number of methoxy groups -OCH3 is 1. The lowest BCUT2D eigenvalue weighted by molar-refractivity contribution is 0.373. The van der Waals surface area contributed by atoms with E-state index in [-0.39, 0.29) is 11.7 Å². The number of nitrogens with two attached hydrogens (primary N) is 1. The average molecular weight is 259 g/mol. The molecule has 0 fully saturated rings. The van der Waals surface area contributed by atoms with Crippen molar-refractivity contribution in [3.05, 3.63) is 30.0 Å². The van der Waals surface area contributed by atoms with E-state index in [9.17, 15) is 5.11 Å². The number of nitrogens with zero attached hydrogens (tertiary/aromatic N) is 2. The minimum atomic E-state index is 0.0826. The van der Waals surface area contributed by atoms with Gasteiger partial charge in [0, 0.05) is 17.3 Å². The summed E-state index contributed by atoms with van der Waals surface area (Å²) in [5, 5.41) is 9.59. The molecular weight excluding hydrogens is 242 g/mol. The lowest BCUT2D eigenvalue weighted by Crippen LogP contribution is -2.01. The van der Waals surface area contributed by atoms with Gasteiger partial charge in [-0.3, -0.25) is 0 Å². The number of benzene rings is 1. The number of hydrogen-bond donors (Lipinski definition) is 2. The second kappa shape index (κ2) is 5.14. The number of ether oxygens (including phenoxy) is 1. The first kappa shape index (κ1) is 13.1. The van der Waals surface area contributed by atoms with E-state index in [1.165, 1.54) is 7.11 Å². The summed E-state index contributed by atoms with van der Waals surface area (Å²) in [5.41, 5.74) is 7.44. The minimum absolute atomic E-state index is 0.0826. The van der Waals surface area contributed by atoms with Gasteiger partial charge in [0.05, 0.1) is 7.11 Å². The zero-order valence-corrected chi connectivity index (χ0v) is 11.2. The van der Waals surface area contributed by atoms with E-state index < -0.39 is 0 Å². The number of aromatic nitrogens is 2. The van der Waals surface area contributed by atoms with E-state index in [4.69, 9.17) is 10.5 Å². The molecule has 0 saturated heterocycles. The average Bonchev–Trinajstić information content (AvgIpc) is 2.38. The van der Waals surface area contributed by atoms with Crippen molar-refractivity contribution >= 4 is 5.82 Å². The van der Waals surface area contributed by atoms with Crippen molar-refractivity contribution in [2.75, 3.05) is 12.8 Å². The van der Waals surface area contributed by atoms with Crippen molar-refractivity contribution < 1.29 is 9.84 Å². The third-order valence-corrected chi connectivity index (χ3v) is 2.80. The molecule has 0 spiro atoms. The molecule has 100 valence electrons. The molecule has 0 aliphatic rings. The topological polar surface area (TPSA) is 81.3 Å². The third-order valence-electron chi connectivity index (χ3n) is 2.80. The molecule has 0 aliphatic heterocycles. The standard InChI is InChI=1S/C14H17N3O2/c1-8(2)10-7-13(15)17-14(16-10)9-4-5-11(18)12(6-9)19-3/h4-8,18H,1-3H3,(H2,15,16,17). The first-order valence-corrected chi connectivity index (χ1v) is 6.03. The molecule has 1 aromatic heterocycles. The van der Waals surface area contributed by atoms with Crippen molar-refractivity contribution in [1.29, 1.82) is 0 Å². The summed E-state index contributed by atoms with van der Waals surface area (Å²) < 4.78 is 5.08. The van der Waals surface area contributed by atoms with Crippen LogP contribution >= 0.6 is 0 Å². The Balaban J connectivity index is 2.52. The maximum atomic E-state index is 9.59. The second-order valence-corrected chi connectivity index (χ2v) is 4.58. The lowest BCUT2D eigenvalue weighted by atomic mass is 10.1. The van der Waals surface area contributed by atoms with Crippen LogP contribution in [0.4, 0.5) is 5.82 Å². The molecule has 19 heavy (non-hydrogen) atoms. The molecule has 0 unspecified atom stereocenters. The van der Waals surface area contributed by atoms with Crippen LogP contribution < -0.4 is 10.5 Å². The van der Waals surface area contributed by atoms with Crippen molar-refractivity contribution in [2.45, 2.75) is 19.8 Å². The van der Waals surface area contributed by atoms with Gasteiger partial charge in [-0.2, -0.15) is 0 Å². The highest BCUT2D eigenvalue weighted by atomic mass is 16.5. The molecule has 1 heterocycles. The first-order valence-electron chi connectivity index (χ1n) is 6.03. The van der Waals surface area contributed by atoms with Crippen LogP contribution in [0, 0.1) is 0 Å². The van der Waals surface area contributed by atoms with Crippen LogP contribution in [-0.2, 0) is 0 Å². The van der Waals surface area contributed by atoms with E-state index in [0.29, 0.717) is 17.4 Å². The Labute approximate surface area is 112 Å². The maximum absolute atomic E-state index is 9.59. The fraction of sp³-hybridized carbons (Fsp3) is 0.286. The molecule has 0 radical (unpaired) electrons. The molecule has 2 rings (SSSR count). The quantitative estimate of drug-likeness (QED) is 0.885. The fourth-order valence-corrected chi connectivity index (χ4v) is 1.73. The number of rotatable bonds is 3. The Morgan fingerprint density at radius 1 is 1.21 bits per heavy atom. The molecule has 0 atom stereocenters. The molecule has 3 N–H and O–H groups in total. The Kier molecular flexibility index (Phi) is 3.55. The molecule has 0 saturated carbocycles. The highest BCUT2D eigenvalue weighted by Gasteiger charge is 2.10. The molecule has 5 heteroatoms. The fourth-order valence-electron chi connectivity index (χ4n) is 1.73. The van der Waals surface area contributed by atoms with Gasteiger partial charge >= 0.3 is 0 Å². The minimum Gasteiger partial charge on any atom is -0.504 e. The number of phenolic OH excluding ortho intramolecular Hbond substituents is 1. The Morgan fingerprint density at radius 3 is 2.58 bits per heavy atom. The zero-order chi connectivity index (χ0) is 14.0. The molecule has 0 amide bonds. The normalized spacial score (nSPS) is 10.7. The molecule has 5 nitrogen and oxygen atoms in total. The number of phenols is 1. The number of anilines is 1. The number of hydrogen-bond acceptors (Lipinski definition) is 5. The van der Waals surface area contributed by atoms with Crippen LogP contribution in [0.2, 0.25) is 0 Å². The van der Waals surface area contributed by atoms with Crippen LogP contribution in [0.15, 0.2) is 24.3 Å². The summed E-state index contributed by atoms with van der Waals surface area (Å²) in [6.07, 6.45) is 0. The zero-order valence-electron chi connectivity index (χ0n) is 11.2. The van der Waals surface area contributed by atoms with Crippen LogP contribution in [-0.4, -0.2) is 22.2 Å². The second-order valence-electron chi connectivity index (χ2n) is 4.58. The van der Waals surface area contributed by atoms with Gasteiger partial charge in [-0.05, 0) is 24.1 Å². The molecular formula is C14H17N3O2.